The molecule has 2 aromatic rings. The molecule has 0 fully saturated rings. The van der Waals surface area contributed by atoms with Crippen LogP contribution in [0, 0.1) is 6.92 Å². The number of fused-ring (bicyclic) bond motifs is 1. The van der Waals surface area contributed by atoms with Gasteiger partial charge in [-0.3, -0.25) is 4.79 Å². The molecule has 130 valence electrons. The van der Waals surface area contributed by atoms with E-state index in [4.69, 9.17) is 0 Å². The molecular weight excluding hydrogens is 362 g/mol. The fourth-order valence-electron chi connectivity index (χ4n) is 2.74. The van der Waals surface area contributed by atoms with Crippen molar-refractivity contribution in [3.63, 3.8) is 0 Å². The second-order valence-electron chi connectivity index (χ2n) is 5.59. The molecule has 3 heterocycles. The molecule has 0 radical (unpaired) electrons. The first-order valence-electron chi connectivity index (χ1n) is 7.10. The third kappa shape index (κ3) is 2.63. The highest BCUT2D eigenvalue weighted by molar-refractivity contribution is 7.94. The lowest BCUT2D eigenvalue weighted by Crippen LogP contribution is -2.36. The Hall–Kier alpha value is -1.81. The summed E-state index contributed by atoms with van der Waals surface area (Å²) in [6.45, 7) is 2.96. The number of nitrogens with one attached hydrogen (secondary N) is 1. The van der Waals surface area contributed by atoms with Gasteiger partial charge in [-0.25, -0.2) is 17.2 Å². The summed E-state index contributed by atoms with van der Waals surface area (Å²) >= 11 is 1.09. The Kier molecular flexibility index (Phi) is 4.20. The molecule has 2 atom stereocenters. The molecule has 3 rings (SSSR count). The largest absolute Gasteiger partial charge is 0.354 e. The van der Waals surface area contributed by atoms with Crippen LogP contribution in [0.25, 0.3) is 0 Å². The zero-order valence-corrected chi connectivity index (χ0v) is 14.4. The van der Waals surface area contributed by atoms with Crippen molar-refractivity contribution in [1.82, 2.24) is 10.5 Å². The van der Waals surface area contributed by atoms with Gasteiger partial charge in [-0.15, -0.1) is 11.3 Å². The second kappa shape index (κ2) is 5.92. The SMILES string of the molecule is Cc1noc(C(F)F)c1C(=O)N[C@H]1C[C@H](C)S(=O)(=O)c2sccc21. The number of aromatic nitrogens is 1. The predicted molar refractivity (Wildman–Crippen MR) is 82.0 cm³/mol. The van der Waals surface area contributed by atoms with E-state index in [1.54, 1.807) is 18.4 Å². The Labute approximate surface area is 140 Å². The van der Waals surface area contributed by atoms with Crippen LogP contribution in [0.5, 0.6) is 0 Å². The summed E-state index contributed by atoms with van der Waals surface area (Å²) in [5.74, 6) is -1.54. The summed E-state index contributed by atoms with van der Waals surface area (Å²) < 4.78 is 55.2. The van der Waals surface area contributed by atoms with E-state index >= 15 is 0 Å². The molecule has 24 heavy (non-hydrogen) atoms. The first-order valence-corrected chi connectivity index (χ1v) is 9.52. The van der Waals surface area contributed by atoms with Crippen molar-refractivity contribution >= 4 is 27.1 Å². The van der Waals surface area contributed by atoms with Crippen LogP contribution in [-0.4, -0.2) is 24.7 Å². The highest BCUT2D eigenvalue weighted by atomic mass is 32.2. The van der Waals surface area contributed by atoms with Gasteiger partial charge in [0.05, 0.1) is 17.0 Å². The van der Waals surface area contributed by atoms with Gasteiger partial charge in [-0.05, 0) is 31.7 Å². The first-order chi connectivity index (χ1) is 11.2. The molecule has 0 aromatic carbocycles. The fraction of sp³-hybridized carbons (Fsp3) is 0.429. The summed E-state index contributed by atoms with van der Waals surface area (Å²) in [5, 5.41) is 7.01. The standard InChI is InChI=1S/C14H14F2N2O4S2/c1-6-5-9(8-3-4-23-14(8)24(6,20)21)17-13(19)10-7(2)18-22-11(10)12(15)16/h3-4,6,9,12H,5H2,1-2H3,(H,17,19)/t6-,9-/m0/s1. The number of nitrogens with zero attached hydrogens (tertiary/aromatic N) is 1. The summed E-state index contributed by atoms with van der Waals surface area (Å²) in [7, 11) is -3.41. The van der Waals surface area contributed by atoms with Gasteiger partial charge in [0, 0.05) is 5.56 Å². The van der Waals surface area contributed by atoms with E-state index in [1.165, 1.54) is 6.92 Å². The number of carbonyl (C=O) groups excluding carboxylic acids is 1. The molecule has 1 aliphatic heterocycles. The Morgan fingerprint density at radius 3 is 2.88 bits per heavy atom. The van der Waals surface area contributed by atoms with Gasteiger partial charge >= 0.3 is 0 Å². The van der Waals surface area contributed by atoms with Gasteiger partial charge in [0.15, 0.2) is 9.84 Å². The van der Waals surface area contributed by atoms with Crippen LogP contribution in [-0.2, 0) is 9.84 Å². The fourth-order valence-corrected chi connectivity index (χ4v) is 5.97. The predicted octanol–water partition coefficient (Wildman–Crippen LogP) is 3.02. The number of sulfone groups is 1. The Balaban J connectivity index is 1.93. The van der Waals surface area contributed by atoms with Crippen LogP contribution in [0.15, 0.2) is 20.2 Å². The topological polar surface area (TPSA) is 89.3 Å². The Morgan fingerprint density at radius 2 is 2.21 bits per heavy atom. The molecule has 0 aliphatic carbocycles. The van der Waals surface area contributed by atoms with Crippen LogP contribution < -0.4 is 5.32 Å². The quantitative estimate of drug-likeness (QED) is 0.889. The van der Waals surface area contributed by atoms with Gasteiger partial charge in [-0.2, -0.15) is 0 Å². The Morgan fingerprint density at radius 1 is 1.50 bits per heavy atom. The zero-order chi connectivity index (χ0) is 17.6. The van der Waals surface area contributed by atoms with Crippen molar-refractivity contribution in [2.75, 3.05) is 0 Å². The van der Waals surface area contributed by atoms with Crippen LogP contribution >= 0.6 is 11.3 Å². The van der Waals surface area contributed by atoms with Crippen molar-refractivity contribution in [3.05, 3.63) is 34.0 Å². The van der Waals surface area contributed by atoms with E-state index < -0.39 is 39.2 Å². The number of hydrogen-bond acceptors (Lipinski definition) is 6. The molecule has 0 spiro atoms. The van der Waals surface area contributed by atoms with Gasteiger partial charge in [-0.1, -0.05) is 5.16 Å². The van der Waals surface area contributed by atoms with Crippen molar-refractivity contribution in [2.45, 2.75) is 42.2 Å². The molecular formula is C14H14F2N2O4S2. The number of aryl methyl sites for hydroxylation is 1. The van der Waals surface area contributed by atoms with Gasteiger partial charge in [0.2, 0.25) is 5.76 Å². The van der Waals surface area contributed by atoms with Crippen LogP contribution in [0.4, 0.5) is 8.78 Å². The Bertz CT molecular complexity index is 888. The minimum absolute atomic E-state index is 0.0600. The minimum atomic E-state index is -3.41. The normalized spacial score (nSPS) is 22.4. The maximum absolute atomic E-state index is 12.9. The first kappa shape index (κ1) is 17.0. The van der Waals surface area contributed by atoms with Crippen molar-refractivity contribution in [3.8, 4) is 0 Å². The molecule has 0 saturated carbocycles. The molecule has 2 aromatic heterocycles. The van der Waals surface area contributed by atoms with E-state index in [2.05, 4.69) is 15.0 Å². The van der Waals surface area contributed by atoms with Crippen molar-refractivity contribution in [1.29, 1.82) is 0 Å². The number of amides is 1. The molecule has 10 heteroatoms. The molecule has 0 unspecified atom stereocenters. The third-order valence-electron chi connectivity index (χ3n) is 4.01. The van der Waals surface area contributed by atoms with Crippen molar-refractivity contribution in [2.24, 2.45) is 0 Å². The molecule has 0 saturated heterocycles. The van der Waals surface area contributed by atoms with Crippen LogP contribution in [0.1, 0.15) is 53.2 Å². The average molecular weight is 376 g/mol. The molecule has 1 aliphatic rings. The summed E-state index contributed by atoms with van der Waals surface area (Å²) in [5.41, 5.74) is 0.242. The van der Waals surface area contributed by atoms with E-state index in [1.807, 2.05) is 0 Å². The summed E-state index contributed by atoms with van der Waals surface area (Å²) in [4.78, 5) is 12.4. The number of hydrogen-bond donors (Lipinski definition) is 1. The lowest BCUT2D eigenvalue weighted by Gasteiger charge is -2.27. The smallest absolute Gasteiger partial charge is 0.298 e. The van der Waals surface area contributed by atoms with Gasteiger partial charge in [0.25, 0.3) is 12.3 Å². The number of alkyl halides is 2. The van der Waals surface area contributed by atoms with Crippen molar-refractivity contribution < 1.29 is 26.5 Å². The van der Waals surface area contributed by atoms with Gasteiger partial charge < -0.3 is 9.84 Å². The summed E-state index contributed by atoms with van der Waals surface area (Å²) in [6.07, 6.45) is -2.79. The van der Waals surface area contributed by atoms with Gasteiger partial charge in [0.1, 0.15) is 9.77 Å². The van der Waals surface area contributed by atoms with E-state index in [-0.39, 0.29) is 21.9 Å². The van der Waals surface area contributed by atoms with Crippen LogP contribution in [0.3, 0.4) is 0 Å². The minimum Gasteiger partial charge on any atom is -0.354 e. The number of rotatable bonds is 3. The lowest BCUT2D eigenvalue weighted by molar-refractivity contribution is 0.0891. The van der Waals surface area contributed by atoms with E-state index in [0.717, 1.165) is 11.3 Å². The summed E-state index contributed by atoms with van der Waals surface area (Å²) in [6, 6.07) is 1.06. The number of halogens is 2. The monoisotopic (exact) mass is 376 g/mol. The molecule has 6 nitrogen and oxygen atoms in total. The van der Waals surface area contributed by atoms with E-state index in [0.29, 0.717) is 5.56 Å². The highest BCUT2D eigenvalue weighted by Crippen LogP contribution is 2.39. The van der Waals surface area contributed by atoms with Crippen LogP contribution in [0.2, 0.25) is 0 Å². The molecule has 1 N–H and O–H groups in total. The molecule has 0 bridgehead atoms. The third-order valence-corrected chi connectivity index (χ3v) is 7.72. The average Bonchev–Trinajstić information content (AvgIpc) is 3.11. The maximum Gasteiger partial charge on any atom is 0.298 e. The number of carbonyl (C=O) groups is 1. The number of thiophene rings is 1. The van der Waals surface area contributed by atoms with E-state index in [9.17, 15) is 22.0 Å². The second-order valence-corrected chi connectivity index (χ2v) is 9.07. The highest BCUT2D eigenvalue weighted by Gasteiger charge is 2.39. The maximum atomic E-state index is 12.9. The molecule has 1 amide bonds. The zero-order valence-electron chi connectivity index (χ0n) is 12.7. The lowest BCUT2D eigenvalue weighted by atomic mass is 10.0.